The summed E-state index contributed by atoms with van der Waals surface area (Å²) in [7, 11) is -3.71. The number of halogens is 1. The van der Waals surface area contributed by atoms with E-state index < -0.39 is 22.2 Å². The Morgan fingerprint density at radius 2 is 2.22 bits per heavy atom. The fraction of sp³-hybridized carbons (Fsp3) is 0.500. The second kappa shape index (κ2) is 4.86. The maximum absolute atomic E-state index is 12.2. The van der Waals surface area contributed by atoms with Gasteiger partial charge in [0.25, 0.3) is 10.0 Å². The number of nitrogens with zero attached hydrogens (tertiary/aromatic N) is 2. The second-order valence-corrected chi connectivity index (χ2v) is 7.09. The van der Waals surface area contributed by atoms with E-state index in [4.69, 9.17) is 5.11 Å². The Hall–Kier alpha value is -0.540. The second-order valence-electron chi connectivity index (χ2n) is 4.29. The van der Waals surface area contributed by atoms with Crippen molar-refractivity contribution < 1.29 is 18.6 Å². The predicted molar refractivity (Wildman–Crippen MR) is 67.3 cm³/mol. The van der Waals surface area contributed by atoms with E-state index in [-0.39, 0.29) is 24.5 Å². The molecule has 2 heterocycles. The number of β-amino-alcohol motifs (C(OH)–C–C–N with tert-alkyl or cyclic N) is 1. The third kappa shape index (κ3) is 2.57. The van der Waals surface area contributed by atoms with Gasteiger partial charge in [-0.05, 0) is 34.5 Å². The first-order valence-corrected chi connectivity index (χ1v) is 7.56. The summed E-state index contributed by atoms with van der Waals surface area (Å²) in [6, 6.07) is 2.99. The number of hydrogen-bond acceptors (Lipinski definition) is 5. The molecule has 2 N–H and O–H groups in total. The molecule has 8 heteroatoms. The van der Waals surface area contributed by atoms with Crippen molar-refractivity contribution in [3.05, 3.63) is 22.8 Å². The number of hydrogen-bond donors (Lipinski definition) is 2. The Balaban J connectivity index is 2.25. The Morgan fingerprint density at radius 1 is 1.50 bits per heavy atom. The molecule has 1 aliphatic heterocycles. The number of aliphatic hydroxyl groups is 2. The van der Waals surface area contributed by atoms with Gasteiger partial charge in [-0.25, -0.2) is 13.4 Å². The molecule has 0 bridgehead atoms. The van der Waals surface area contributed by atoms with Crippen LogP contribution in [0.25, 0.3) is 0 Å². The van der Waals surface area contributed by atoms with Gasteiger partial charge in [0, 0.05) is 23.8 Å². The molecular formula is C10H13BrN2O4S. The van der Waals surface area contributed by atoms with Gasteiger partial charge in [-0.15, -0.1) is 0 Å². The lowest BCUT2D eigenvalue weighted by Crippen LogP contribution is -2.38. The van der Waals surface area contributed by atoms with E-state index in [9.17, 15) is 13.5 Å². The summed E-state index contributed by atoms with van der Waals surface area (Å²) in [5, 5.41) is 18.8. The largest absolute Gasteiger partial charge is 0.393 e. The third-order valence-corrected chi connectivity index (χ3v) is 5.13. The van der Waals surface area contributed by atoms with Crippen LogP contribution in [0, 0.1) is 0 Å². The molecule has 1 aromatic rings. The molecule has 100 valence electrons. The van der Waals surface area contributed by atoms with Crippen LogP contribution in [0.2, 0.25) is 0 Å². The van der Waals surface area contributed by atoms with Crippen LogP contribution < -0.4 is 0 Å². The molecule has 2 rings (SSSR count). The summed E-state index contributed by atoms with van der Waals surface area (Å²) >= 11 is 3.18. The van der Waals surface area contributed by atoms with Gasteiger partial charge in [0.1, 0.15) is 5.60 Å². The molecule has 0 spiro atoms. The predicted octanol–water partition coefficient (Wildman–Crippen LogP) is -0.0381. The van der Waals surface area contributed by atoms with Crippen molar-refractivity contribution in [2.45, 2.75) is 17.0 Å². The zero-order valence-corrected chi connectivity index (χ0v) is 11.9. The highest BCUT2D eigenvalue weighted by atomic mass is 79.9. The van der Waals surface area contributed by atoms with Crippen molar-refractivity contribution >= 4 is 26.0 Å². The monoisotopic (exact) mass is 336 g/mol. The molecule has 1 aromatic heterocycles. The first-order valence-electron chi connectivity index (χ1n) is 5.32. The van der Waals surface area contributed by atoms with Crippen LogP contribution in [0.1, 0.15) is 6.42 Å². The van der Waals surface area contributed by atoms with Crippen LogP contribution in [0.4, 0.5) is 0 Å². The minimum absolute atomic E-state index is 0.0621. The summed E-state index contributed by atoms with van der Waals surface area (Å²) < 4.78 is 26.2. The standard InChI is InChI=1S/C10H13BrN2O4S/c11-8-1-2-9(12-5-8)18(16,17)13-4-3-10(15,6-13)7-14/h1-2,5,14-15H,3-4,6-7H2. The minimum atomic E-state index is -3.71. The molecule has 1 unspecified atom stereocenters. The Morgan fingerprint density at radius 3 is 2.72 bits per heavy atom. The number of aliphatic hydroxyl groups excluding tert-OH is 1. The lowest BCUT2D eigenvalue weighted by Gasteiger charge is -2.20. The lowest BCUT2D eigenvalue weighted by molar-refractivity contribution is -0.000743. The summed E-state index contributed by atoms with van der Waals surface area (Å²) in [6.45, 7) is -0.381. The van der Waals surface area contributed by atoms with E-state index in [1.54, 1.807) is 6.07 Å². The maximum Gasteiger partial charge on any atom is 0.260 e. The topological polar surface area (TPSA) is 90.7 Å². The van der Waals surface area contributed by atoms with Crippen molar-refractivity contribution in [2.75, 3.05) is 19.7 Å². The van der Waals surface area contributed by atoms with Gasteiger partial charge >= 0.3 is 0 Å². The van der Waals surface area contributed by atoms with E-state index in [0.29, 0.717) is 4.47 Å². The van der Waals surface area contributed by atoms with Gasteiger partial charge in [0.05, 0.1) is 6.61 Å². The van der Waals surface area contributed by atoms with Crippen LogP contribution in [0.3, 0.4) is 0 Å². The quantitative estimate of drug-likeness (QED) is 0.808. The van der Waals surface area contributed by atoms with Crippen LogP contribution >= 0.6 is 15.9 Å². The van der Waals surface area contributed by atoms with Crippen molar-refractivity contribution in [3.63, 3.8) is 0 Å². The third-order valence-electron chi connectivity index (χ3n) is 2.90. The summed E-state index contributed by atoms with van der Waals surface area (Å²) in [5.74, 6) is 0. The zero-order valence-electron chi connectivity index (χ0n) is 9.45. The number of aromatic nitrogens is 1. The Bertz CT molecular complexity index is 533. The van der Waals surface area contributed by atoms with Crippen molar-refractivity contribution in [3.8, 4) is 0 Å². The average Bonchev–Trinajstić information content (AvgIpc) is 2.74. The van der Waals surface area contributed by atoms with Crippen LogP contribution in [0.15, 0.2) is 27.8 Å². The molecule has 1 atom stereocenters. The van der Waals surface area contributed by atoms with Crippen molar-refractivity contribution in [1.29, 1.82) is 0 Å². The molecule has 1 fully saturated rings. The fourth-order valence-electron chi connectivity index (χ4n) is 1.80. The molecule has 0 aliphatic carbocycles. The molecule has 0 radical (unpaired) electrons. The molecule has 0 aromatic carbocycles. The summed E-state index contributed by atoms with van der Waals surface area (Å²) in [6.07, 6.45) is 1.63. The first-order chi connectivity index (χ1) is 8.37. The molecule has 0 amide bonds. The highest BCUT2D eigenvalue weighted by Gasteiger charge is 2.41. The fourth-order valence-corrected chi connectivity index (χ4v) is 3.47. The maximum atomic E-state index is 12.2. The van der Waals surface area contributed by atoms with Gasteiger partial charge in [-0.2, -0.15) is 4.31 Å². The summed E-state index contributed by atoms with van der Waals surface area (Å²) in [4.78, 5) is 3.85. The normalized spacial score (nSPS) is 25.5. The van der Waals surface area contributed by atoms with Gasteiger partial charge < -0.3 is 10.2 Å². The van der Waals surface area contributed by atoms with Crippen LogP contribution in [0.5, 0.6) is 0 Å². The van der Waals surface area contributed by atoms with Crippen LogP contribution in [-0.4, -0.2) is 53.2 Å². The Kier molecular flexibility index (Phi) is 3.75. The Labute approximate surface area is 113 Å². The highest BCUT2D eigenvalue weighted by molar-refractivity contribution is 9.10. The minimum Gasteiger partial charge on any atom is -0.393 e. The molecule has 1 aliphatic rings. The molecule has 6 nitrogen and oxygen atoms in total. The van der Waals surface area contributed by atoms with Gasteiger partial charge in [-0.1, -0.05) is 0 Å². The SMILES string of the molecule is O=S(=O)(c1ccc(Br)cn1)N1CCC(O)(CO)C1. The van der Waals surface area contributed by atoms with Crippen molar-refractivity contribution in [1.82, 2.24) is 9.29 Å². The molecule has 1 saturated heterocycles. The van der Waals surface area contributed by atoms with Crippen LogP contribution in [-0.2, 0) is 10.0 Å². The molecule has 0 saturated carbocycles. The molecular weight excluding hydrogens is 324 g/mol. The smallest absolute Gasteiger partial charge is 0.260 e. The van der Waals surface area contributed by atoms with Gasteiger partial charge in [-0.3, -0.25) is 0 Å². The number of rotatable bonds is 3. The van der Waals surface area contributed by atoms with E-state index in [0.717, 1.165) is 4.31 Å². The first kappa shape index (κ1) is 13.9. The molecule has 18 heavy (non-hydrogen) atoms. The lowest BCUT2D eigenvalue weighted by atomic mass is 10.1. The van der Waals surface area contributed by atoms with E-state index >= 15 is 0 Å². The summed E-state index contributed by atoms with van der Waals surface area (Å²) in [5.41, 5.74) is -1.34. The van der Waals surface area contributed by atoms with Gasteiger partial charge in [0.15, 0.2) is 5.03 Å². The van der Waals surface area contributed by atoms with E-state index in [1.807, 2.05) is 0 Å². The number of sulfonamides is 1. The average molecular weight is 337 g/mol. The van der Waals surface area contributed by atoms with E-state index in [1.165, 1.54) is 12.3 Å². The zero-order chi connectivity index (χ0) is 13.4. The highest BCUT2D eigenvalue weighted by Crippen LogP contribution is 2.26. The van der Waals surface area contributed by atoms with Crippen molar-refractivity contribution in [2.24, 2.45) is 0 Å². The van der Waals surface area contributed by atoms with E-state index in [2.05, 4.69) is 20.9 Å². The van der Waals surface area contributed by atoms with Gasteiger partial charge in [0.2, 0.25) is 0 Å². The number of pyridine rings is 1.